The maximum absolute atomic E-state index is 12.6. The lowest BCUT2D eigenvalue weighted by molar-refractivity contribution is -0.279. The lowest BCUT2D eigenvalue weighted by Crippen LogP contribution is -2.65. The molecule has 5 heteroatoms. The maximum Gasteiger partial charge on any atom is 0.188 e. The number of allylic oxidation sites excluding steroid dienone is 1. The molecule has 4 aliphatic carbocycles. The van der Waals surface area contributed by atoms with Gasteiger partial charge in [0.15, 0.2) is 11.6 Å². The van der Waals surface area contributed by atoms with Gasteiger partial charge in [0, 0.05) is 18.3 Å². The van der Waals surface area contributed by atoms with E-state index >= 15 is 0 Å². The van der Waals surface area contributed by atoms with Crippen LogP contribution in [0.15, 0.2) is 11.6 Å². The summed E-state index contributed by atoms with van der Waals surface area (Å²) >= 11 is 0. The molecule has 5 nitrogen and oxygen atoms in total. The summed E-state index contributed by atoms with van der Waals surface area (Å²) in [6, 6.07) is 0. The maximum atomic E-state index is 12.6. The highest BCUT2D eigenvalue weighted by molar-refractivity contribution is 5.30. The minimum absolute atomic E-state index is 0.0143. The van der Waals surface area contributed by atoms with Crippen molar-refractivity contribution in [2.75, 3.05) is 26.4 Å². The Kier molecular flexibility index (Phi) is 5.01. The van der Waals surface area contributed by atoms with Crippen molar-refractivity contribution in [2.24, 2.45) is 28.6 Å². The van der Waals surface area contributed by atoms with Gasteiger partial charge in [-0.2, -0.15) is 0 Å². The fourth-order valence-corrected chi connectivity index (χ4v) is 9.48. The third-order valence-electron chi connectivity index (χ3n) is 10.7. The molecule has 5 fully saturated rings. The van der Waals surface area contributed by atoms with Gasteiger partial charge in [0.25, 0.3) is 0 Å². The zero-order chi connectivity index (χ0) is 22.2. The summed E-state index contributed by atoms with van der Waals surface area (Å²) < 4.78 is 24.9. The smallest absolute Gasteiger partial charge is 0.188 e. The van der Waals surface area contributed by atoms with Gasteiger partial charge in [-0.25, -0.2) is 0 Å². The Morgan fingerprint density at radius 1 is 0.969 bits per heavy atom. The van der Waals surface area contributed by atoms with Crippen LogP contribution in [-0.4, -0.2) is 48.7 Å². The highest BCUT2D eigenvalue weighted by atomic mass is 16.7. The van der Waals surface area contributed by atoms with Crippen molar-refractivity contribution in [1.82, 2.24) is 0 Å². The number of ether oxygens (including phenoxy) is 4. The van der Waals surface area contributed by atoms with Crippen molar-refractivity contribution in [1.29, 1.82) is 0 Å². The molecule has 32 heavy (non-hydrogen) atoms. The first-order valence-corrected chi connectivity index (χ1v) is 13.3. The van der Waals surface area contributed by atoms with Gasteiger partial charge in [-0.15, -0.1) is 0 Å². The second-order valence-corrected chi connectivity index (χ2v) is 12.2. The van der Waals surface area contributed by atoms with E-state index in [0.717, 1.165) is 64.2 Å². The molecule has 0 unspecified atom stereocenters. The summed E-state index contributed by atoms with van der Waals surface area (Å²) in [6.07, 6.45) is 12.5. The monoisotopic (exact) mass is 446 g/mol. The Morgan fingerprint density at radius 3 is 2.41 bits per heavy atom. The Hall–Kier alpha value is -0.460. The van der Waals surface area contributed by atoms with Crippen molar-refractivity contribution in [3.05, 3.63) is 11.6 Å². The van der Waals surface area contributed by atoms with E-state index < -0.39 is 17.2 Å². The molecule has 0 aromatic rings. The molecular formula is C27H42O5. The molecule has 1 N–H and O–H groups in total. The molecule has 0 aromatic carbocycles. The first-order valence-electron chi connectivity index (χ1n) is 13.3. The van der Waals surface area contributed by atoms with Crippen LogP contribution < -0.4 is 0 Å². The van der Waals surface area contributed by atoms with Crippen LogP contribution >= 0.6 is 0 Å². The van der Waals surface area contributed by atoms with Gasteiger partial charge in [0.1, 0.15) is 0 Å². The quantitative estimate of drug-likeness (QED) is 0.621. The normalized spacial score (nSPS) is 48.5. The molecule has 6 atom stereocenters. The second-order valence-electron chi connectivity index (χ2n) is 12.2. The van der Waals surface area contributed by atoms with E-state index in [1.165, 1.54) is 5.57 Å². The average Bonchev–Trinajstić information content (AvgIpc) is 3.49. The van der Waals surface area contributed by atoms with Crippen LogP contribution in [0.2, 0.25) is 0 Å². The standard InChI is InChI=1S/C27H42O5/c1-4-5-9-25(28)18-24(3)21(8-10-27(24)31-15-16-32-27)20-7-6-19-17-26(29-13-14-30-26)12-11-23(19,2)22(20)25/h17,20-22,28H,4-16,18H2,1-3H3/t20-,21-,22-,23-,24-,25-/m0/s1. The molecule has 180 valence electrons. The molecule has 0 radical (unpaired) electrons. The van der Waals surface area contributed by atoms with Crippen LogP contribution in [0.4, 0.5) is 0 Å². The van der Waals surface area contributed by atoms with Crippen molar-refractivity contribution < 1.29 is 24.1 Å². The molecule has 2 spiro atoms. The fourth-order valence-electron chi connectivity index (χ4n) is 9.48. The zero-order valence-corrected chi connectivity index (χ0v) is 20.3. The highest BCUT2D eigenvalue weighted by Crippen LogP contribution is 2.72. The van der Waals surface area contributed by atoms with Crippen LogP contribution in [0.1, 0.15) is 85.0 Å². The van der Waals surface area contributed by atoms with Crippen molar-refractivity contribution in [3.63, 3.8) is 0 Å². The van der Waals surface area contributed by atoms with Crippen LogP contribution in [0.25, 0.3) is 0 Å². The Bertz CT molecular complexity index is 781. The number of hydrogen-bond acceptors (Lipinski definition) is 5. The first kappa shape index (κ1) is 22.0. The van der Waals surface area contributed by atoms with Crippen LogP contribution in [0, 0.1) is 28.6 Å². The first-order chi connectivity index (χ1) is 15.3. The minimum Gasteiger partial charge on any atom is -0.390 e. The van der Waals surface area contributed by atoms with Crippen molar-refractivity contribution in [2.45, 2.75) is 102 Å². The van der Waals surface area contributed by atoms with E-state index in [2.05, 4.69) is 26.8 Å². The summed E-state index contributed by atoms with van der Waals surface area (Å²) in [5, 5.41) is 12.6. The number of hydrogen-bond donors (Lipinski definition) is 1. The lowest BCUT2D eigenvalue weighted by atomic mass is 9.42. The van der Waals surface area contributed by atoms with Gasteiger partial charge >= 0.3 is 0 Å². The molecule has 2 heterocycles. The number of fused-ring (bicyclic) bond motifs is 6. The van der Waals surface area contributed by atoms with E-state index in [0.29, 0.717) is 38.3 Å². The summed E-state index contributed by atoms with van der Waals surface area (Å²) in [5.74, 6) is 0.372. The molecule has 6 rings (SSSR count). The van der Waals surface area contributed by atoms with E-state index in [1.807, 2.05) is 0 Å². The van der Waals surface area contributed by atoms with Gasteiger partial charge in [-0.3, -0.25) is 0 Å². The number of aliphatic hydroxyl groups is 1. The third kappa shape index (κ3) is 2.81. The van der Waals surface area contributed by atoms with Gasteiger partial charge in [0.05, 0.1) is 32.0 Å². The molecule has 0 aromatic heterocycles. The van der Waals surface area contributed by atoms with Crippen LogP contribution in [0.5, 0.6) is 0 Å². The third-order valence-corrected chi connectivity index (χ3v) is 10.7. The van der Waals surface area contributed by atoms with E-state index in [1.54, 1.807) is 0 Å². The fraction of sp³-hybridized carbons (Fsp3) is 0.926. The Balaban J connectivity index is 1.42. The SMILES string of the molecule is CCCC[C@]1(O)C[C@@]2(C)[C@@H](CCC23OCCO3)[C@@H]2CCC3=CC4(CC[C@]3(C)[C@H]21)OCCO4. The van der Waals surface area contributed by atoms with Gasteiger partial charge in [0.2, 0.25) is 0 Å². The van der Waals surface area contributed by atoms with E-state index in [9.17, 15) is 5.11 Å². The lowest BCUT2D eigenvalue weighted by Gasteiger charge is -2.65. The second kappa shape index (κ2) is 7.27. The molecule has 0 bridgehead atoms. The summed E-state index contributed by atoms with van der Waals surface area (Å²) in [7, 11) is 0. The summed E-state index contributed by atoms with van der Waals surface area (Å²) in [4.78, 5) is 0. The molecule has 6 aliphatic rings. The van der Waals surface area contributed by atoms with Gasteiger partial charge in [-0.1, -0.05) is 39.2 Å². The predicted octanol–water partition coefficient (Wildman–Crippen LogP) is 4.97. The van der Waals surface area contributed by atoms with Crippen LogP contribution in [0.3, 0.4) is 0 Å². The highest BCUT2D eigenvalue weighted by Gasteiger charge is 2.72. The van der Waals surface area contributed by atoms with Crippen LogP contribution in [-0.2, 0) is 18.9 Å². The van der Waals surface area contributed by atoms with Gasteiger partial charge in [-0.05, 0) is 67.8 Å². The summed E-state index contributed by atoms with van der Waals surface area (Å²) in [5.41, 5.74) is 0.694. The van der Waals surface area contributed by atoms with E-state index in [-0.39, 0.29) is 16.7 Å². The van der Waals surface area contributed by atoms with Crippen molar-refractivity contribution in [3.8, 4) is 0 Å². The zero-order valence-electron chi connectivity index (χ0n) is 20.3. The molecule has 3 saturated carbocycles. The Morgan fingerprint density at radius 2 is 1.69 bits per heavy atom. The van der Waals surface area contributed by atoms with Gasteiger partial charge < -0.3 is 24.1 Å². The molecule has 2 aliphatic heterocycles. The number of unbranched alkanes of at least 4 members (excludes halogenated alkanes) is 1. The number of rotatable bonds is 3. The predicted molar refractivity (Wildman–Crippen MR) is 121 cm³/mol. The average molecular weight is 447 g/mol. The molecular weight excluding hydrogens is 404 g/mol. The Labute approximate surface area is 193 Å². The van der Waals surface area contributed by atoms with Crippen molar-refractivity contribution >= 4 is 0 Å². The molecule has 2 saturated heterocycles. The largest absolute Gasteiger partial charge is 0.390 e. The van der Waals surface area contributed by atoms with E-state index in [4.69, 9.17) is 18.9 Å². The molecule has 0 amide bonds. The minimum atomic E-state index is -0.686. The topological polar surface area (TPSA) is 57.2 Å². The summed E-state index contributed by atoms with van der Waals surface area (Å²) in [6.45, 7) is 9.83.